The zero-order chi connectivity index (χ0) is 16.4. The number of aryl methyl sites for hydroxylation is 1. The molecule has 23 heavy (non-hydrogen) atoms. The summed E-state index contributed by atoms with van der Waals surface area (Å²) >= 11 is 0. The van der Waals surface area contributed by atoms with Crippen LogP contribution in [0.5, 0.6) is 0 Å². The molecule has 1 aliphatic heterocycles. The van der Waals surface area contributed by atoms with Crippen LogP contribution in [0.25, 0.3) is 0 Å². The van der Waals surface area contributed by atoms with Crippen molar-refractivity contribution >= 4 is 11.6 Å². The first-order chi connectivity index (χ1) is 11.0. The fourth-order valence-corrected chi connectivity index (χ4v) is 2.90. The van der Waals surface area contributed by atoms with Crippen molar-refractivity contribution in [1.29, 1.82) is 0 Å². The molecule has 6 heteroatoms. The van der Waals surface area contributed by atoms with E-state index in [0.29, 0.717) is 12.2 Å². The Balaban J connectivity index is 1.76. The molecule has 3 heterocycles. The van der Waals surface area contributed by atoms with Gasteiger partial charge in [0.15, 0.2) is 0 Å². The van der Waals surface area contributed by atoms with Gasteiger partial charge in [-0.15, -0.1) is 0 Å². The third-order valence-corrected chi connectivity index (χ3v) is 4.15. The second kappa shape index (κ2) is 6.32. The van der Waals surface area contributed by atoms with Gasteiger partial charge in [-0.2, -0.15) is 0 Å². The lowest BCUT2D eigenvalue weighted by Crippen LogP contribution is -2.29. The highest BCUT2D eigenvalue weighted by molar-refractivity contribution is 5.92. The quantitative estimate of drug-likeness (QED) is 0.866. The summed E-state index contributed by atoms with van der Waals surface area (Å²) in [5.74, 6) is 0.218. The summed E-state index contributed by atoms with van der Waals surface area (Å²) in [6, 6.07) is 4.19. The van der Waals surface area contributed by atoms with Crippen LogP contribution in [-0.4, -0.2) is 52.9 Å². The average Bonchev–Trinajstić information content (AvgIpc) is 3.04. The van der Waals surface area contributed by atoms with Crippen molar-refractivity contribution in [2.24, 2.45) is 0 Å². The van der Waals surface area contributed by atoms with Gasteiger partial charge in [0.2, 0.25) is 0 Å². The van der Waals surface area contributed by atoms with E-state index in [1.54, 1.807) is 12.4 Å². The second-order valence-electron chi connectivity index (χ2n) is 6.11. The zero-order valence-electron chi connectivity index (χ0n) is 13.7. The first-order valence-electron chi connectivity index (χ1n) is 7.76. The van der Waals surface area contributed by atoms with Crippen LogP contribution in [0.15, 0.2) is 30.7 Å². The topological polar surface area (TPSA) is 62.2 Å². The summed E-state index contributed by atoms with van der Waals surface area (Å²) in [6.45, 7) is 3.42. The van der Waals surface area contributed by atoms with Crippen molar-refractivity contribution < 1.29 is 4.79 Å². The molecule has 0 bridgehead atoms. The lowest BCUT2D eigenvalue weighted by molar-refractivity contribution is 0.0784. The Bertz CT molecular complexity index is 701. The molecule has 1 atom stereocenters. The highest BCUT2D eigenvalue weighted by Crippen LogP contribution is 2.29. The maximum atomic E-state index is 12.5. The number of hydrogen-bond acceptors (Lipinski definition) is 5. The lowest BCUT2D eigenvalue weighted by Gasteiger charge is -2.18. The van der Waals surface area contributed by atoms with Crippen LogP contribution < -0.4 is 4.90 Å². The highest BCUT2D eigenvalue weighted by atomic mass is 16.2. The predicted octanol–water partition coefficient (Wildman–Crippen LogP) is 1.88. The van der Waals surface area contributed by atoms with Gasteiger partial charge in [-0.3, -0.25) is 14.8 Å². The molecular formula is C17H21N5O. The Morgan fingerprint density at radius 1 is 1.30 bits per heavy atom. The minimum absolute atomic E-state index is 0.0545. The van der Waals surface area contributed by atoms with Crippen molar-refractivity contribution in [3.8, 4) is 0 Å². The fourth-order valence-electron chi connectivity index (χ4n) is 2.90. The van der Waals surface area contributed by atoms with Crippen molar-refractivity contribution in [3.63, 3.8) is 0 Å². The van der Waals surface area contributed by atoms with Gasteiger partial charge in [0.1, 0.15) is 5.69 Å². The molecule has 0 spiro atoms. The molecule has 2 aromatic heterocycles. The SMILES string of the molecule is Cc1cc(N(C)C)cc([C@H]2CCN(C(=O)c3cnccn3)C2)n1. The molecule has 0 saturated carbocycles. The zero-order valence-corrected chi connectivity index (χ0v) is 13.7. The molecule has 0 aliphatic carbocycles. The number of aromatic nitrogens is 3. The number of pyridine rings is 1. The maximum absolute atomic E-state index is 12.5. The summed E-state index contributed by atoms with van der Waals surface area (Å²) in [5, 5.41) is 0. The number of likely N-dealkylation sites (tertiary alicyclic amines) is 1. The number of amides is 1. The van der Waals surface area contributed by atoms with Gasteiger partial charge < -0.3 is 9.80 Å². The number of carbonyl (C=O) groups is 1. The summed E-state index contributed by atoms with van der Waals surface area (Å²) < 4.78 is 0. The molecular weight excluding hydrogens is 290 g/mol. The first kappa shape index (κ1) is 15.4. The molecule has 1 amide bonds. The smallest absolute Gasteiger partial charge is 0.274 e. The molecule has 0 aromatic carbocycles. The molecule has 6 nitrogen and oxygen atoms in total. The van der Waals surface area contributed by atoms with Gasteiger partial charge in [-0.1, -0.05) is 0 Å². The van der Waals surface area contributed by atoms with Gasteiger partial charge in [0.25, 0.3) is 5.91 Å². The van der Waals surface area contributed by atoms with Gasteiger partial charge in [0.05, 0.1) is 6.20 Å². The van der Waals surface area contributed by atoms with E-state index in [0.717, 1.165) is 30.0 Å². The Kier molecular flexibility index (Phi) is 4.23. The Hall–Kier alpha value is -2.50. The summed E-state index contributed by atoms with van der Waals surface area (Å²) in [6.07, 6.45) is 5.56. The molecule has 120 valence electrons. The Morgan fingerprint density at radius 3 is 2.83 bits per heavy atom. The van der Waals surface area contributed by atoms with Crippen LogP contribution in [0.1, 0.15) is 34.2 Å². The number of carbonyl (C=O) groups excluding carboxylic acids is 1. The van der Waals surface area contributed by atoms with Crippen molar-refractivity contribution in [3.05, 3.63) is 47.8 Å². The van der Waals surface area contributed by atoms with Crippen molar-refractivity contribution in [1.82, 2.24) is 19.9 Å². The third kappa shape index (κ3) is 3.31. The van der Waals surface area contributed by atoms with Crippen molar-refractivity contribution in [2.75, 3.05) is 32.1 Å². The molecule has 1 fully saturated rings. The van der Waals surface area contributed by atoms with E-state index in [1.807, 2.05) is 25.9 Å². The van der Waals surface area contributed by atoms with E-state index in [9.17, 15) is 4.79 Å². The third-order valence-electron chi connectivity index (χ3n) is 4.15. The van der Waals surface area contributed by atoms with E-state index >= 15 is 0 Å². The van der Waals surface area contributed by atoms with Crippen LogP contribution in [0.3, 0.4) is 0 Å². The van der Waals surface area contributed by atoms with Crippen LogP contribution in [-0.2, 0) is 0 Å². The Morgan fingerprint density at radius 2 is 2.13 bits per heavy atom. The Labute approximate surface area is 136 Å². The lowest BCUT2D eigenvalue weighted by atomic mass is 10.0. The minimum atomic E-state index is -0.0545. The summed E-state index contributed by atoms with van der Waals surface area (Å²) in [4.78, 5) is 29.1. The van der Waals surface area contributed by atoms with E-state index in [-0.39, 0.29) is 11.8 Å². The summed E-state index contributed by atoms with van der Waals surface area (Å²) in [5.41, 5.74) is 3.61. The van der Waals surface area contributed by atoms with E-state index in [1.165, 1.54) is 6.20 Å². The second-order valence-corrected chi connectivity index (χ2v) is 6.11. The number of nitrogens with zero attached hydrogens (tertiary/aromatic N) is 5. The standard InChI is InChI=1S/C17H21N5O/c1-12-8-14(21(2)3)9-15(20-12)13-4-7-22(11-13)17(23)16-10-18-5-6-19-16/h5-6,8-10,13H,4,7,11H2,1-3H3/t13-/m0/s1. The molecule has 1 aliphatic rings. The molecule has 0 unspecified atom stereocenters. The largest absolute Gasteiger partial charge is 0.378 e. The fraction of sp³-hybridized carbons (Fsp3) is 0.412. The van der Waals surface area contributed by atoms with Gasteiger partial charge in [0, 0.05) is 62.6 Å². The molecule has 3 rings (SSSR count). The first-order valence-corrected chi connectivity index (χ1v) is 7.76. The number of anilines is 1. The molecule has 0 N–H and O–H groups in total. The summed E-state index contributed by atoms with van der Waals surface area (Å²) in [7, 11) is 4.05. The van der Waals surface area contributed by atoms with Crippen molar-refractivity contribution in [2.45, 2.75) is 19.3 Å². The van der Waals surface area contributed by atoms with E-state index in [2.05, 4.69) is 32.0 Å². The van der Waals surface area contributed by atoms with E-state index in [4.69, 9.17) is 0 Å². The maximum Gasteiger partial charge on any atom is 0.274 e. The highest BCUT2D eigenvalue weighted by Gasteiger charge is 2.29. The number of rotatable bonds is 3. The average molecular weight is 311 g/mol. The van der Waals surface area contributed by atoms with Crippen LogP contribution in [0.4, 0.5) is 5.69 Å². The molecule has 1 saturated heterocycles. The predicted molar refractivity (Wildman–Crippen MR) is 88.6 cm³/mol. The van der Waals surface area contributed by atoms with Crippen LogP contribution in [0.2, 0.25) is 0 Å². The van der Waals surface area contributed by atoms with Crippen LogP contribution >= 0.6 is 0 Å². The van der Waals surface area contributed by atoms with Gasteiger partial charge in [-0.25, -0.2) is 4.98 Å². The molecule has 2 aromatic rings. The normalized spacial score (nSPS) is 17.3. The number of hydrogen-bond donors (Lipinski definition) is 0. The minimum Gasteiger partial charge on any atom is -0.378 e. The van der Waals surface area contributed by atoms with E-state index < -0.39 is 0 Å². The van der Waals surface area contributed by atoms with Gasteiger partial charge in [-0.05, 0) is 25.5 Å². The van der Waals surface area contributed by atoms with Gasteiger partial charge >= 0.3 is 0 Å². The van der Waals surface area contributed by atoms with Crippen LogP contribution in [0, 0.1) is 6.92 Å². The molecule has 0 radical (unpaired) electrons. The monoisotopic (exact) mass is 311 g/mol.